The molecule has 1 aliphatic heterocycles. The fourth-order valence-corrected chi connectivity index (χ4v) is 1.36. The second-order valence-electron chi connectivity index (χ2n) is 3.09. The highest BCUT2D eigenvalue weighted by atomic mass is 16.4. The van der Waals surface area contributed by atoms with Gasteiger partial charge in [-0.15, -0.1) is 0 Å². The summed E-state index contributed by atoms with van der Waals surface area (Å²) >= 11 is 0. The summed E-state index contributed by atoms with van der Waals surface area (Å²) < 4.78 is 0. The van der Waals surface area contributed by atoms with Crippen LogP contribution >= 0.6 is 0 Å². The average molecular weight is 203 g/mol. The second-order valence-corrected chi connectivity index (χ2v) is 3.09. The van der Waals surface area contributed by atoms with Crippen LogP contribution in [0.3, 0.4) is 0 Å². The molecule has 1 aromatic carbocycles. The zero-order valence-corrected chi connectivity index (χ0v) is 8.08. The fraction of sp³-hybridized carbons (Fsp3) is 0.100. The maximum Gasteiger partial charge on any atom is 0.302 e. The second kappa shape index (κ2) is 3.53. The van der Waals surface area contributed by atoms with Crippen LogP contribution < -0.4 is 5.01 Å². The van der Waals surface area contributed by atoms with E-state index < -0.39 is 5.91 Å². The number of para-hydroxylation sites is 1. The van der Waals surface area contributed by atoms with Crippen LogP contribution in [-0.2, 0) is 4.79 Å². The third-order valence-corrected chi connectivity index (χ3v) is 2.09. The van der Waals surface area contributed by atoms with Gasteiger partial charge in [0.15, 0.2) is 5.71 Å². The maximum absolute atomic E-state index is 11.7. The van der Waals surface area contributed by atoms with Crippen LogP contribution in [0.15, 0.2) is 40.6 Å². The smallest absolute Gasteiger partial charge is 0.302 e. The number of rotatable bonds is 1. The molecule has 0 spiro atoms. The van der Waals surface area contributed by atoms with Crippen molar-refractivity contribution < 1.29 is 10.0 Å². The van der Waals surface area contributed by atoms with Crippen molar-refractivity contribution in [3.63, 3.8) is 0 Å². The molecule has 0 unspecified atom stereocenters. The topological polar surface area (TPSA) is 65.3 Å². The predicted octanol–water partition coefficient (Wildman–Crippen LogP) is 1.24. The summed E-state index contributed by atoms with van der Waals surface area (Å²) in [6.45, 7) is 1.62. The first-order valence-electron chi connectivity index (χ1n) is 4.41. The number of amides is 1. The summed E-state index contributed by atoms with van der Waals surface area (Å²) in [6, 6.07) is 8.98. The summed E-state index contributed by atoms with van der Waals surface area (Å²) in [6.07, 6.45) is 0. The van der Waals surface area contributed by atoms with Crippen LogP contribution in [0.2, 0.25) is 0 Å². The molecule has 1 N–H and O–H groups in total. The number of benzene rings is 1. The summed E-state index contributed by atoms with van der Waals surface area (Å²) in [5.74, 6) is -0.416. The lowest BCUT2D eigenvalue weighted by Gasteiger charge is -2.09. The molecule has 0 saturated carbocycles. The normalized spacial score (nSPS) is 18.5. The van der Waals surface area contributed by atoms with Gasteiger partial charge in [-0.1, -0.05) is 23.4 Å². The van der Waals surface area contributed by atoms with E-state index in [1.54, 1.807) is 19.1 Å². The van der Waals surface area contributed by atoms with Crippen molar-refractivity contribution in [3.8, 4) is 0 Å². The molecule has 0 radical (unpaired) electrons. The van der Waals surface area contributed by atoms with E-state index in [2.05, 4.69) is 10.3 Å². The molecule has 76 valence electrons. The Morgan fingerprint density at radius 1 is 1.33 bits per heavy atom. The Morgan fingerprint density at radius 2 is 2.00 bits per heavy atom. The van der Waals surface area contributed by atoms with Gasteiger partial charge in [-0.25, -0.2) is 0 Å². The quantitative estimate of drug-likeness (QED) is 0.551. The zero-order chi connectivity index (χ0) is 10.8. The van der Waals surface area contributed by atoms with Gasteiger partial charge in [-0.3, -0.25) is 4.79 Å². The SMILES string of the molecule is CC1=NN(c2ccccc2)C(=O)/C1=N\O. The molecule has 0 atom stereocenters. The van der Waals surface area contributed by atoms with E-state index in [0.717, 1.165) is 0 Å². The Bertz CT molecular complexity index is 451. The molecule has 0 fully saturated rings. The fourth-order valence-electron chi connectivity index (χ4n) is 1.36. The first-order chi connectivity index (χ1) is 7.24. The standard InChI is InChI=1S/C10H9N3O2/c1-7-9(12-15)10(14)13(11-7)8-5-3-2-4-6-8/h2-6,15H,1H3/b12-9-. The molecule has 0 aromatic heterocycles. The molecule has 1 aromatic rings. The minimum Gasteiger partial charge on any atom is -0.410 e. The molecule has 0 saturated heterocycles. The Kier molecular flexibility index (Phi) is 2.21. The predicted molar refractivity (Wildman–Crippen MR) is 56.3 cm³/mol. The van der Waals surface area contributed by atoms with E-state index >= 15 is 0 Å². The van der Waals surface area contributed by atoms with E-state index in [-0.39, 0.29) is 5.71 Å². The van der Waals surface area contributed by atoms with E-state index in [0.29, 0.717) is 11.4 Å². The van der Waals surface area contributed by atoms with Crippen molar-refractivity contribution >= 4 is 23.0 Å². The molecule has 1 heterocycles. The Balaban J connectivity index is 2.40. The Labute approximate surface area is 86.3 Å². The number of oxime groups is 1. The van der Waals surface area contributed by atoms with Gasteiger partial charge in [0.1, 0.15) is 0 Å². The van der Waals surface area contributed by atoms with Crippen molar-refractivity contribution in [3.05, 3.63) is 30.3 Å². The van der Waals surface area contributed by atoms with Crippen molar-refractivity contribution in [2.45, 2.75) is 6.92 Å². The van der Waals surface area contributed by atoms with Crippen LogP contribution in [0.25, 0.3) is 0 Å². The summed E-state index contributed by atoms with van der Waals surface area (Å²) in [7, 11) is 0. The van der Waals surface area contributed by atoms with Gasteiger partial charge in [0.05, 0.1) is 11.4 Å². The number of hydrazone groups is 1. The number of carbonyl (C=O) groups is 1. The van der Waals surface area contributed by atoms with Crippen molar-refractivity contribution in [2.24, 2.45) is 10.3 Å². The minimum absolute atomic E-state index is 0.0150. The van der Waals surface area contributed by atoms with Crippen molar-refractivity contribution in [1.29, 1.82) is 0 Å². The molecule has 5 nitrogen and oxygen atoms in total. The number of hydrogen-bond acceptors (Lipinski definition) is 4. The summed E-state index contributed by atoms with van der Waals surface area (Å²) in [5.41, 5.74) is 1.05. The lowest BCUT2D eigenvalue weighted by Crippen LogP contribution is -2.27. The number of nitrogens with zero attached hydrogens (tertiary/aromatic N) is 3. The molecular weight excluding hydrogens is 194 g/mol. The van der Waals surface area contributed by atoms with Gasteiger partial charge in [0.25, 0.3) is 0 Å². The molecule has 0 bridgehead atoms. The minimum atomic E-state index is -0.416. The van der Waals surface area contributed by atoms with E-state index in [1.807, 2.05) is 18.2 Å². The van der Waals surface area contributed by atoms with Gasteiger partial charge >= 0.3 is 5.91 Å². The molecule has 15 heavy (non-hydrogen) atoms. The van der Waals surface area contributed by atoms with E-state index in [9.17, 15) is 4.79 Å². The molecule has 2 rings (SSSR count). The van der Waals surface area contributed by atoms with Crippen LogP contribution in [-0.4, -0.2) is 22.5 Å². The largest absolute Gasteiger partial charge is 0.410 e. The first kappa shape index (κ1) is 9.39. The third-order valence-electron chi connectivity index (χ3n) is 2.09. The lowest BCUT2D eigenvalue weighted by molar-refractivity contribution is -0.112. The zero-order valence-electron chi connectivity index (χ0n) is 8.08. The van der Waals surface area contributed by atoms with Crippen molar-refractivity contribution in [1.82, 2.24) is 0 Å². The monoisotopic (exact) mass is 203 g/mol. The highest BCUT2D eigenvalue weighted by molar-refractivity contribution is 6.71. The molecule has 1 amide bonds. The number of carbonyl (C=O) groups excluding carboxylic acids is 1. The van der Waals surface area contributed by atoms with Crippen LogP contribution in [0.1, 0.15) is 6.92 Å². The molecular formula is C10H9N3O2. The Morgan fingerprint density at radius 3 is 2.53 bits per heavy atom. The van der Waals surface area contributed by atoms with Gasteiger partial charge in [-0.05, 0) is 19.1 Å². The molecule has 0 aliphatic carbocycles. The van der Waals surface area contributed by atoms with Crippen LogP contribution in [0.5, 0.6) is 0 Å². The van der Waals surface area contributed by atoms with Gasteiger partial charge in [0, 0.05) is 0 Å². The maximum atomic E-state index is 11.7. The third kappa shape index (κ3) is 1.48. The Hall–Kier alpha value is -2.17. The number of anilines is 1. The molecule has 5 heteroatoms. The highest BCUT2D eigenvalue weighted by Crippen LogP contribution is 2.18. The number of hydrogen-bond donors (Lipinski definition) is 1. The van der Waals surface area contributed by atoms with Crippen molar-refractivity contribution in [2.75, 3.05) is 5.01 Å². The van der Waals surface area contributed by atoms with Gasteiger partial charge in [0.2, 0.25) is 0 Å². The lowest BCUT2D eigenvalue weighted by atomic mass is 10.2. The summed E-state index contributed by atoms with van der Waals surface area (Å²) in [4.78, 5) is 11.7. The van der Waals surface area contributed by atoms with Gasteiger partial charge < -0.3 is 5.21 Å². The van der Waals surface area contributed by atoms with Crippen LogP contribution in [0, 0.1) is 0 Å². The first-order valence-corrected chi connectivity index (χ1v) is 4.41. The summed E-state index contributed by atoms with van der Waals surface area (Å²) in [5, 5.41) is 16.8. The molecule has 1 aliphatic rings. The highest BCUT2D eigenvalue weighted by Gasteiger charge is 2.30. The average Bonchev–Trinajstić information content (AvgIpc) is 2.55. The van der Waals surface area contributed by atoms with E-state index in [4.69, 9.17) is 5.21 Å². The van der Waals surface area contributed by atoms with Gasteiger partial charge in [-0.2, -0.15) is 10.1 Å². The van der Waals surface area contributed by atoms with Crippen LogP contribution in [0.4, 0.5) is 5.69 Å². The van der Waals surface area contributed by atoms with E-state index in [1.165, 1.54) is 5.01 Å².